The summed E-state index contributed by atoms with van der Waals surface area (Å²) in [6.07, 6.45) is 4.94. The highest BCUT2D eigenvalue weighted by Gasteiger charge is 2.03. The zero-order valence-corrected chi connectivity index (χ0v) is 25.9. The fourth-order valence-electron chi connectivity index (χ4n) is 2.84. The Labute approximate surface area is 252 Å². The molecule has 40 heavy (non-hydrogen) atoms. The van der Waals surface area contributed by atoms with Gasteiger partial charge in [0.1, 0.15) is 13.2 Å². The lowest BCUT2D eigenvalue weighted by molar-refractivity contribution is -0.143. The molecule has 0 saturated carbocycles. The van der Waals surface area contributed by atoms with Gasteiger partial charge in [0.05, 0.1) is 99.1 Å². The molecule has 0 heterocycles. The van der Waals surface area contributed by atoms with E-state index in [1.54, 1.807) is 0 Å². The normalized spacial score (nSPS) is 11.2. The van der Waals surface area contributed by atoms with Crippen LogP contribution in [-0.2, 0) is 52.2 Å². The standard InChI is InChI=1S/C26H50INO12/c27-5-3-1-2-4-7-32-9-11-34-13-15-36-17-19-38-21-22-39-20-18-37-16-14-35-12-10-33-8-6-28-25(29)23-40-24-26(30)31/h1-24H2,(H,28,29)(H,30,31). The summed E-state index contributed by atoms with van der Waals surface area (Å²) in [5.74, 6) is -1.51. The van der Waals surface area contributed by atoms with Gasteiger partial charge in [0.25, 0.3) is 0 Å². The van der Waals surface area contributed by atoms with Gasteiger partial charge in [-0.2, -0.15) is 0 Å². The molecule has 13 nitrogen and oxygen atoms in total. The molecule has 0 aromatic rings. The lowest BCUT2D eigenvalue weighted by atomic mass is 10.2. The minimum atomic E-state index is -1.12. The molecule has 0 aromatic heterocycles. The number of alkyl halides is 1. The molecule has 0 bridgehead atoms. The van der Waals surface area contributed by atoms with Crippen molar-refractivity contribution < 1.29 is 57.3 Å². The fourth-order valence-corrected chi connectivity index (χ4v) is 3.38. The van der Waals surface area contributed by atoms with Crippen LogP contribution < -0.4 is 5.32 Å². The summed E-state index contributed by atoms with van der Waals surface area (Å²) in [7, 11) is 0. The molecule has 0 aliphatic heterocycles. The number of hydrogen-bond acceptors (Lipinski definition) is 11. The van der Waals surface area contributed by atoms with E-state index >= 15 is 0 Å². The summed E-state index contributed by atoms with van der Waals surface area (Å²) in [5, 5.41) is 11.0. The first-order valence-corrected chi connectivity index (χ1v) is 15.4. The molecular formula is C26H50INO12. The van der Waals surface area contributed by atoms with Gasteiger partial charge in [0, 0.05) is 13.2 Å². The van der Waals surface area contributed by atoms with Crippen molar-refractivity contribution >= 4 is 34.5 Å². The second kappa shape index (κ2) is 34.5. The van der Waals surface area contributed by atoms with Gasteiger partial charge in [0.15, 0.2) is 0 Å². The summed E-state index contributed by atoms with van der Waals surface area (Å²) in [5.41, 5.74) is 0. The van der Waals surface area contributed by atoms with Gasteiger partial charge in [-0.3, -0.25) is 4.79 Å². The number of amides is 1. The smallest absolute Gasteiger partial charge is 0.329 e. The Morgan fingerprint density at radius 1 is 0.475 bits per heavy atom. The van der Waals surface area contributed by atoms with E-state index in [0.29, 0.717) is 106 Å². The zero-order chi connectivity index (χ0) is 29.2. The van der Waals surface area contributed by atoms with Crippen molar-refractivity contribution in [2.45, 2.75) is 25.7 Å². The summed E-state index contributed by atoms with van der Waals surface area (Å²) in [6, 6.07) is 0. The summed E-state index contributed by atoms with van der Waals surface area (Å²) < 4.78 is 49.4. The van der Waals surface area contributed by atoms with Crippen LogP contribution in [0.4, 0.5) is 0 Å². The molecule has 0 aromatic carbocycles. The van der Waals surface area contributed by atoms with Crippen LogP contribution in [-0.4, -0.2) is 147 Å². The number of carbonyl (C=O) groups excluding carboxylic acids is 1. The van der Waals surface area contributed by atoms with E-state index in [0.717, 1.165) is 13.0 Å². The van der Waals surface area contributed by atoms with Crippen LogP contribution in [0.2, 0.25) is 0 Å². The minimum absolute atomic E-state index is 0.295. The third kappa shape index (κ3) is 35.3. The van der Waals surface area contributed by atoms with E-state index in [4.69, 9.17) is 43.0 Å². The van der Waals surface area contributed by atoms with Crippen LogP contribution in [0.5, 0.6) is 0 Å². The van der Waals surface area contributed by atoms with E-state index in [-0.39, 0.29) is 6.61 Å². The van der Waals surface area contributed by atoms with Crippen LogP contribution >= 0.6 is 22.6 Å². The van der Waals surface area contributed by atoms with Gasteiger partial charge in [0.2, 0.25) is 5.91 Å². The number of hydrogen-bond donors (Lipinski definition) is 2. The molecule has 1 amide bonds. The average Bonchev–Trinajstić information content (AvgIpc) is 2.94. The minimum Gasteiger partial charge on any atom is -0.480 e. The van der Waals surface area contributed by atoms with Gasteiger partial charge in [-0.1, -0.05) is 35.4 Å². The summed E-state index contributed by atoms with van der Waals surface area (Å²) >= 11 is 2.41. The third-order valence-electron chi connectivity index (χ3n) is 4.80. The molecule has 0 saturated heterocycles. The highest BCUT2D eigenvalue weighted by atomic mass is 127. The van der Waals surface area contributed by atoms with E-state index in [1.807, 2.05) is 0 Å². The largest absolute Gasteiger partial charge is 0.480 e. The highest BCUT2D eigenvalue weighted by Crippen LogP contribution is 2.02. The molecule has 0 aliphatic carbocycles. The van der Waals surface area contributed by atoms with Crippen LogP contribution in [0.25, 0.3) is 0 Å². The second-order valence-electron chi connectivity index (χ2n) is 8.24. The predicted molar refractivity (Wildman–Crippen MR) is 155 cm³/mol. The van der Waals surface area contributed by atoms with Gasteiger partial charge in [-0.05, 0) is 17.3 Å². The van der Waals surface area contributed by atoms with Crippen LogP contribution in [0.15, 0.2) is 0 Å². The Kier molecular flexibility index (Phi) is 33.9. The number of aliphatic carboxylic acids is 1. The number of rotatable bonds is 34. The quantitative estimate of drug-likeness (QED) is 0.0569. The zero-order valence-electron chi connectivity index (χ0n) is 23.8. The monoisotopic (exact) mass is 695 g/mol. The lowest BCUT2D eigenvalue weighted by Gasteiger charge is -2.09. The summed E-state index contributed by atoms with van der Waals surface area (Å²) in [4.78, 5) is 21.6. The Balaban J connectivity index is 3.08. The van der Waals surface area contributed by atoms with Crippen molar-refractivity contribution in [3.63, 3.8) is 0 Å². The molecule has 0 unspecified atom stereocenters. The van der Waals surface area contributed by atoms with Crippen molar-refractivity contribution in [3.8, 4) is 0 Å². The van der Waals surface area contributed by atoms with Crippen LogP contribution in [0.1, 0.15) is 25.7 Å². The Hall–Kier alpha value is -0.690. The van der Waals surface area contributed by atoms with Crippen LogP contribution in [0.3, 0.4) is 0 Å². The maximum Gasteiger partial charge on any atom is 0.329 e. The molecular weight excluding hydrogens is 645 g/mol. The van der Waals surface area contributed by atoms with Gasteiger partial charge in [-0.25, -0.2) is 4.79 Å². The molecule has 0 atom stereocenters. The second-order valence-corrected chi connectivity index (χ2v) is 9.32. The van der Waals surface area contributed by atoms with Crippen molar-refractivity contribution in [2.75, 3.05) is 130 Å². The van der Waals surface area contributed by atoms with Crippen LogP contribution in [0, 0.1) is 0 Å². The number of carboxylic acids is 1. The Morgan fingerprint density at radius 2 is 0.850 bits per heavy atom. The molecule has 238 valence electrons. The molecule has 2 N–H and O–H groups in total. The van der Waals surface area contributed by atoms with E-state index in [1.165, 1.54) is 23.7 Å². The molecule has 0 aliphatic rings. The predicted octanol–water partition coefficient (Wildman–Crippen LogP) is 1.33. The Morgan fingerprint density at radius 3 is 1.25 bits per heavy atom. The van der Waals surface area contributed by atoms with Gasteiger partial charge < -0.3 is 53.1 Å². The molecule has 0 spiro atoms. The fraction of sp³-hybridized carbons (Fsp3) is 0.923. The van der Waals surface area contributed by atoms with Crippen molar-refractivity contribution in [3.05, 3.63) is 0 Å². The first kappa shape index (κ1) is 39.3. The molecule has 0 radical (unpaired) electrons. The van der Waals surface area contributed by atoms with E-state index < -0.39 is 18.5 Å². The van der Waals surface area contributed by atoms with Crippen molar-refractivity contribution in [1.29, 1.82) is 0 Å². The molecule has 0 fully saturated rings. The maximum atomic E-state index is 11.3. The van der Waals surface area contributed by atoms with E-state index in [2.05, 4.69) is 32.6 Å². The highest BCUT2D eigenvalue weighted by molar-refractivity contribution is 14.1. The number of ether oxygens (including phenoxy) is 9. The third-order valence-corrected chi connectivity index (χ3v) is 5.57. The summed E-state index contributed by atoms with van der Waals surface area (Å²) in [6.45, 7) is 7.66. The first-order valence-electron chi connectivity index (χ1n) is 13.9. The van der Waals surface area contributed by atoms with Crippen molar-refractivity contribution in [2.24, 2.45) is 0 Å². The Bertz CT molecular complexity index is 548. The van der Waals surface area contributed by atoms with Crippen molar-refractivity contribution in [1.82, 2.24) is 5.32 Å². The number of halogens is 1. The molecule has 0 rings (SSSR count). The van der Waals surface area contributed by atoms with Gasteiger partial charge in [-0.15, -0.1) is 0 Å². The van der Waals surface area contributed by atoms with Gasteiger partial charge >= 0.3 is 5.97 Å². The molecule has 14 heteroatoms. The SMILES string of the molecule is O=C(O)COCC(=O)NCCOCCOCCOCCOCCOCCOCCOCCOCCCCCCI. The number of carboxylic acid groups (broad SMARTS) is 1. The maximum absolute atomic E-state index is 11.3. The number of nitrogens with one attached hydrogen (secondary N) is 1. The number of carbonyl (C=O) groups is 2. The average molecular weight is 696 g/mol. The topological polar surface area (TPSA) is 149 Å². The van der Waals surface area contributed by atoms with E-state index in [9.17, 15) is 9.59 Å². The number of unbranched alkanes of at least 4 members (excludes halogenated alkanes) is 3. The lowest BCUT2D eigenvalue weighted by Crippen LogP contribution is -2.31. The first-order chi connectivity index (χ1) is 19.7.